The van der Waals surface area contributed by atoms with Crippen molar-refractivity contribution in [2.24, 2.45) is 0 Å². The van der Waals surface area contributed by atoms with E-state index in [2.05, 4.69) is 5.32 Å². The Morgan fingerprint density at radius 1 is 1.09 bits per heavy atom. The Balaban J connectivity index is 1.57. The van der Waals surface area contributed by atoms with E-state index in [1.165, 1.54) is 21.3 Å². The Labute approximate surface area is 187 Å². The van der Waals surface area contributed by atoms with Gasteiger partial charge >= 0.3 is 0 Å². The van der Waals surface area contributed by atoms with Gasteiger partial charge in [0.25, 0.3) is 5.91 Å². The Kier molecular flexibility index (Phi) is 7.37. The normalized spacial score (nSPS) is 14.8. The zero-order chi connectivity index (χ0) is 23.3. The fraction of sp³-hybridized carbons (Fsp3) is 0.364. The molecule has 0 aromatic heterocycles. The molecule has 1 fully saturated rings. The van der Waals surface area contributed by atoms with Crippen molar-refractivity contribution in [3.8, 4) is 11.5 Å². The number of aryl methyl sites for hydroxylation is 1. The second-order valence-electron chi connectivity index (χ2n) is 7.37. The molecular formula is C22H27N3O6S. The van der Waals surface area contributed by atoms with E-state index in [1.807, 2.05) is 6.92 Å². The summed E-state index contributed by atoms with van der Waals surface area (Å²) in [6.07, 6.45) is 0. The Morgan fingerprint density at radius 3 is 2.47 bits per heavy atom. The lowest BCUT2D eigenvalue weighted by molar-refractivity contribution is -0.131. The number of ether oxygens (including phenoxy) is 1. The highest BCUT2D eigenvalue weighted by molar-refractivity contribution is 7.89. The number of rotatable bonds is 7. The average Bonchev–Trinajstić information content (AvgIpc) is 2.79. The summed E-state index contributed by atoms with van der Waals surface area (Å²) in [6.45, 7) is 4.35. The maximum absolute atomic E-state index is 12.9. The van der Waals surface area contributed by atoms with Crippen molar-refractivity contribution in [1.29, 1.82) is 0 Å². The van der Waals surface area contributed by atoms with Crippen molar-refractivity contribution in [3.63, 3.8) is 0 Å². The highest BCUT2D eigenvalue weighted by atomic mass is 32.2. The van der Waals surface area contributed by atoms with Gasteiger partial charge in [0, 0.05) is 26.2 Å². The molecule has 10 heteroatoms. The second kappa shape index (κ2) is 10.0. The minimum Gasteiger partial charge on any atom is -0.507 e. The monoisotopic (exact) mass is 461 g/mol. The first-order chi connectivity index (χ1) is 15.2. The van der Waals surface area contributed by atoms with Crippen LogP contribution in [0.2, 0.25) is 0 Å². The molecule has 0 unspecified atom stereocenters. The Morgan fingerprint density at radius 2 is 1.78 bits per heavy atom. The zero-order valence-corrected chi connectivity index (χ0v) is 18.9. The van der Waals surface area contributed by atoms with E-state index in [4.69, 9.17) is 4.74 Å². The van der Waals surface area contributed by atoms with Gasteiger partial charge in [-0.1, -0.05) is 18.2 Å². The van der Waals surface area contributed by atoms with Crippen LogP contribution in [0.4, 0.5) is 0 Å². The maximum atomic E-state index is 12.9. The van der Waals surface area contributed by atoms with Crippen LogP contribution in [0.5, 0.6) is 11.5 Å². The third-order valence-electron chi connectivity index (χ3n) is 5.16. The van der Waals surface area contributed by atoms with Crippen LogP contribution in [0.1, 0.15) is 22.8 Å². The molecule has 2 aromatic rings. The van der Waals surface area contributed by atoms with Crippen molar-refractivity contribution >= 4 is 21.8 Å². The van der Waals surface area contributed by atoms with Gasteiger partial charge in [-0.25, -0.2) is 8.42 Å². The molecule has 0 radical (unpaired) electrons. The second-order valence-corrected chi connectivity index (χ2v) is 9.27. The summed E-state index contributed by atoms with van der Waals surface area (Å²) in [7, 11) is -3.87. The fourth-order valence-corrected chi connectivity index (χ4v) is 5.03. The minimum atomic E-state index is -3.87. The summed E-state index contributed by atoms with van der Waals surface area (Å²) in [5, 5.41) is 12.6. The molecule has 172 valence electrons. The average molecular weight is 462 g/mol. The third-order valence-corrected chi connectivity index (χ3v) is 7.08. The predicted molar refractivity (Wildman–Crippen MR) is 118 cm³/mol. The molecule has 9 nitrogen and oxygen atoms in total. The Hall–Kier alpha value is -3.11. The molecule has 2 amide bonds. The van der Waals surface area contributed by atoms with Crippen LogP contribution in [0.15, 0.2) is 47.4 Å². The maximum Gasteiger partial charge on any atom is 0.255 e. The van der Waals surface area contributed by atoms with Gasteiger partial charge in [-0.05, 0) is 43.7 Å². The number of sulfonamides is 1. The number of benzene rings is 2. The van der Waals surface area contributed by atoms with Crippen LogP contribution in [-0.2, 0) is 14.8 Å². The predicted octanol–water partition coefficient (Wildman–Crippen LogP) is 1.36. The number of phenolic OH excluding ortho intramolecular Hbond substituents is 1. The van der Waals surface area contributed by atoms with Gasteiger partial charge in [-0.15, -0.1) is 0 Å². The number of piperazine rings is 1. The first kappa shape index (κ1) is 23.6. The molecule has 0 spiro atoms. The number of aromatic hydroxyl groups is 1. The van der Waals surface area contributed by atoms with Gasteiger partial charge < -0.3 is 20.1 Å². The van der Waals surface area contributed by atoms with Crippen LogP contribution in [-0.4, -0.2) is 73.9 Å². The molecule has 0 atom stereocenters. The number of nitrogens with zero attached hydrogens (tertiary/aromatic N) is 2. The quantitative estimate of drug-likeness (QED) is 0.643. The van der Waals surface area contributed by atoms with Gasteiger partial charge in [0.15, 0.2) is 0 Å². The number of hydrogen-bond donors (Lipinski definition) is 2. The largest absolute Gasteiger partial charge is 0.507 e. The van der Waals surface area contributed by atoms with Crippen molar-refractivity contribution in [2.75, 3.05) is 39.3 Å². The Bertz CT molecular complexity index is 1090. The third kappa shape index (κ3) is 5.20. The zero-order valence-electron chi connectivity index (χ0n) is 18.1. The number of nitrogens with one attached hydrogen (secondary N) is 1. The summed E-state index contributed by atoms with van der Waals surface area (Å²) in [6, 6.07) is 11.2. The van der Waals surface area contributed by atoms with Gasteiger partial charge in [-0.3, -0.25) is 9.59 Å². The lowest BCUT2D eigenvalue weighted by Crippen LogP contribution is -2.52. The molecule has 2 N–H and O–H groups in total. The number of hydrogen-bond acceptors (Lipinski definition) is 6. The first-order valence-electron chi connectivity index (χ1n) is 10.3. The van der Waals surface area contributed by atoms with Crippen LogP contribution < -0.4 is 10.1 Å². The standard InChI is InChI=1S/C22H27N3O6S/c1-3-31-19-7-5-4-6-17(19)22(28)23-15-21(27)24-10-12-25(13-11-24)32(29,30)20-14-16(2)8-9-18(20)26/h4-9,14,26H,3,10-13,15H2,1-2H3,(H,23,28). The number of amides is 2. The molecule has 3 rings (SSSR count). The van der Waals surface area contributed by atoms with E-state index in [1.54, 1.807) is 37.3 Å². The van der Waals surface area contributed by atoms with E-state index in [-0.39, 0.29) is 49.3 Å². The van der Waals surface area contributed by atoms with Crippen LogP contribution in [0.25, 0.3) is 0 Å². The number of phenols is 1. The smallest absolute Gasteiger partial charge is 0.255 e. The van der Waals surface area contributed by atoms with Crippen molar-refractivity contribution < 1.29 is 27.9 Å². The number of carbonyl (C=O) groups excluding carboxylic acids is 2. The van der Waals surface area contributed by atoms with Crippen LogP contribution in [0, 0.1) is 6.92 Å². The minimum absolute atomic E-state index is 0.0998. The lowest BCUT2D eigenvalue weighted by Gasteiger charge is -2.34. The highest BCUT2D eigenvalue weighted by Crippen LogP contribution is 2.27. The van der Waals surface area contributed by atoms with E-state index in [9.17, 15) is 23.1 Å². The molecular weight excluding hydrogens is 434 g/mol. The van der Waals surface area contributed by atoms with E-state index < -0.39 is 15.9 Å². The fourth-order valence-electron chi connectivity index (χ4n) is 3.44. The molecule has 1 aliphatic rings. The van der Waals surface area contributed by atoms with Crippen molar-refractivity contribution in [2.45, 2.75) is 18.7 Å². The summed E-state index contributed by atoms with van der Waals surface area (Å²) in [5.41, 5.74) is 1.06. The molecule has 2 aromatic carbocycles. The van der Waals surface area contributed by atoms with Gasteiger partial charge in [0.1, 0.15) is 16.4 Å². The lowest BCUT2D eigenvalue weighted by atomic mass is 10.2. The van der Waals surface area contributed by atoms with Crippen LogP contribution >= 0.6 is 0 Å². The van der Waals surface area contributed by atoms with Gasteiger partial charge in [-0.2, -0.15) is 4.31 Å². The molecule has 0 aliphatic carbocycles. The summed E-state index contributed by atoms with van der Waals surface area (Å²) < 4.78 is 32.5. The van der Waals surface area contributed by atoms with Crippen molar-refractivity contribution in [3.05, 3.63) is 53.6 Å². The van der Waals surface area contributed by atoms with Gasteiger partial charge in [0.2, 0.25) is 15.9 Å². The molecule has 0 bridgehead atoms. The van der Waals surface area contributed by atoms with E-state index in [0.717, 1.165) is 5.56 Å². The molecule has 32 heavy (non-hydrogen) atoms. The molecule has 0 saturated carbocycles. The molecule has 1 saturated heterocycles. The SMILES string of the molecule is CCOc1ccccc1C(=O)NCC(=O)N1CCN(S(=O)(=O)c2cc(C)ccc2O)CC1. The van der Waals surface area contributed by atoms with Gasteiger partial charge in [0.05, 0.1) is 18.7 Å². The topological polar surface area (TPSA) is 116 Å². The summed E-state index contributed by atoms with van der Waals surface area (Å²) in [4.78, 5) is 26.4. The number of para-hydroxylation sites is 1. The van der Waals surface area contributed by atoms with Crippen molar-refractivity contribution in [1.82, 2.24) is 14.5 Å². The van der Waals surface area contributed by atoms with E-state index >= 15 is 0 Å². The van der Waals surface area contributed by atoms with Crippen LogP contribution in [0.3, 0.4) is 0 Å². The summed E-state index contributed by atoms with van der Waals surface area (Å²) >= 11 is 0. The molecule has 1 heterocycles. The first-order valence-corrected chi connectivity index (χ1v) is 11.8. The highest BCUT2D eigenvalue weighted by Gasteiger charge is 2.32. The summed E-state index contributed by atoms with van der Waals surface area (Å²) in [5.74, 6) is -0.580. The molecule has 1 aliphatic heterocycles. The van der Waals surface area contributed by atoms with E-state index in [0.29, 0.717) is 17.9 Å². The number of carbonyl (C=O) groups is 2.